The largest absolute Gasteiger partial charge is 0.481 e. The van der Waals surface area contributed by atoms with Crippen LogP contribution in [0, 0.1) is 47.8 Å². The fraction of sp³-hybridized carbons (Fsp3) is 0.762. The van der Waals surface area contributed by atoms with Crippen LogP contribution in [0.25, 0.3) is 0 Å². The van der Waals surface area contributed by atoms with Crippen molar-refractivity contribution in [2.75, 3.05) is 13.1 Å². The lowest BCUT2D eigenvalue weighted by Gasteiger charge is -2.34. The van der Waals surface area contributed by atoms with E-state index in [1.54, 1.807) is 13.0 Å². The van der Waals surface area contributed by atoms with Crippen molar-refractivity contribution in [1.29, 1.82) is 0 Å². The molecule has 2 heterocycles. The van der Waals surface area contributed by atoms with Gasteiger partial charge in [-0.3, -0.25) is 9.59 Å². The molecule has 3 unspecified atom stereocenters. The number of halogens is 2. The molecule has 7 nitrogen and oxygen atoms in total. The highest BCUT2D eigenvalue weighted by Crippen LogP contribution is 2.79. The van der Waals surface area contributed by atoms with E-state index in [4.69, 9.17) is 4.52 Å². The number of aryl methyl sites for hydroxylation is 1. The summed E-state index contributed by atoms with van der Waals surface area (Å²) < 4.78 is 34.4. The van der Waals surface area contributed by atoms with Gasteiger partial charge in [0.2, 0.25) is 5.91 Å². The van der Waals surface area contributed by atoms with Crippen LogP contribution < -0.4 is 10.6 Å². The molecule has 1 aliphatic heterocycles. The van der Waals surface area contributed by atoms with Crippen molar-refractivity contribution in [2.45, 2.75) is 45.1 Å². The third-order valence-corrected chi connectivity index (χ3v) is 8.25. The zero-order valence-corrected chi connectivity index (χ0v) is 16.9. The molecule has 5 rings (SSSR count). The second-order valence-corrected chi connectivity index (χ2v) is 9.59. The van der Waals surface area contributed by atoms with E-state index < -0.39 is 35.1 Å². The van der Waals surface area contributed by atoms with Crippen LogP contribution in [-0.2, 0) is 16.1 Å². The summed E-state index contributed by atoms with van der Waals surface area (Å²) in [5, 5.41) is 19.3. The fourth-order valence-electron chi connectivity index (χ4n) is 7.20. The second-order valence-electron chi connectivity index (χ2n) is 9.59. The number of aliphatic carboxylic acids is 1. The maximum Gasteiger partial charge on any atom is 0.307 e. The minimum absolute atomic E-state index is 0.142. The Balaban J connectivity index is 1.37. The van der Waals surface area contributed by atoms with Gasteiger partial charge >= 0.3 is 5.97 Å². The van der Waals surface area contributed by atoms with E-state index in [1.165, 1.54) is 0 Å². The van der Waals surface area contributed by atoms with Gasteiger partial charge in [0.25, 0.3) is 5.92 Å². The Bertz CT molecular complexity index is 874. The first kappa shape index (κ1) is 19.9. The maximum absolute atomic E-state index is 14.6. The summed E-state index contributed by atoms with van der Waals surface area (Å²) in [4.78, 5) is 25.2. The van der Waals surface area contributed by atoms with Crippen molar-refractivity contribution < 1.29 is 28.0 Å². The standard InChI is InChI=1S/C21H27F2N3O4/c1-10-6-11(30-26-10)8-25-18(27)16-13-2-3-14(17(16)19(28)29)20(13)7-15(20)12-4-5-24-9-21(12,22)23/h6,12-17,24H,2-5,7-9H2,1H3,(H,25,27)(H,28,29)/t12?,13-,14+,15?,16+,17+,20?/m0/s1. The van der Waals surface area contributed by atoms with Crippen molar-refractivity contribution >= 4 is 11.9 Å². The normalized spacial score (nSPS) is 41.2. The summed E-state index contributed by atoms with van der Waals surface area (Å²) in [6.45, 7) is 2.16. The number of carbonyl (C=O) groups excluding carboxylic acids is 1. The zero-order valence-electron chi connectivity index (χ0n) is 16.9. The first-order valence-electron chi connectivity index (χ1n) is 10.8. The van der Waals surface area contributed by atoms with Crippen LogP contribution in [0.4, 0.5) is 8.78 Å². The molecule has 4 fully saturated rings. The zero-order chi connectivity index (χ0) is 21.3. The number of carbonyl (C=O) groups is 2. The van der Waals surface area contributed by atoms with Gasteiger partial charge in [0.05, 0.1) is 30.6 Å². The van der Waals surface area contributed by atoms with Crippen LogP contribution in [0.1, 0.15) is 37.1 Å². The van der Waals surface area contributed by atoms with Crippen molar-refractivity contribution in [3.63, 3.8) is 0 Å². The van der Waals surface area contributed by atoms with Gasteiger partial charge < -0.3 is 20.3 Å². The minimum Gasteiger partial charge on any atom is -0.481 e. The van der Waals surface area contributed by atoms with E-state index in [0.29, 0.717) is 37.3 Å². The summed E-state index contributed by atoms with van der Waals surface area (Å²) in [6.07, 6.45) is 2.47. The average molecular weight is 423 g/mol. The van der Waals surface area contributed by atoms with E-state index in [1.807, 2.05) is 0 Å². The van der Waals surface area contributed by atoms with Crippen molar-refractivity contribution in [3.8, 4) is 0 Å². The number of amides is 1. The van der Waals surface area contributed by atoms with Crippen LogP contribution in [0.3, 0.4) is 0 Å². The molecule has 3 saturated carbocycles. The Morgan fingerprint density at radius 2 is 1.97 bits per heavy atom. The van der Waals surface area contributed by atoms with Gasteiger partial charge in [-0.1, -0.05) is 5.16 Å². The molecule has 4 aliphatic rings. The first-order valence-corrected chi connectivity index (χ1v) is 10.8. The molecule has 1 saturated heterocycles. The van der Waals surface area contributed by atoms with E-state index in [-0.39, 0.29) is 36.8 Å². The van der Waals surface area contributed by atoms with E-state index in [9.17, 15) is 23.5 Å². The molecule has 3 N–H and O–H groups in total. The fourth-order valence-corrected chi connectivity index (χ4v) is 7.20. The number of nitrogens with zero attached hydrogens (tertiary/aromatic N) is 1. The number of nitrogens with one attached hydrogen (secondary N) is 2. The number of carboxylic acid groups (broad SMARTS) is 1. The van der Waals surface area contributed by atoms with Gasteiger partial charge in [0, 0.05) is 12.0 Å². The van der Waals surface area contributed by atoms with E-state index in [0.717, 1.165) is 6.42 Å². The molecule has 164 valence electrons. The van der Waals surface area contributed by atoms with Gasteiger partial charge in [-0.25, -0.2) is 8.78 Å². The Morgan fingerprint density at radius 1 is 1.23 bits per heavy atom. The highest BCUT2D eigenvalue weighted by molar-refractivity contribution is 5.86. The molecule has 1 amide bonds. The molecule has 9 heteroatoms. The van der Waals surface area contributed by atoms with Gasteiger partial charge in [-0.2, -0.15) is 0 Å². The quantitative estimate of drug-likeness (QED) is 0.671. The number of piperidine rings is 1. The molecule has 0 aromatic carbocycles. The van der Waals surface area contributed by atoms with Gasteiger partial charge in [0.1, 0.15) is 0 Å². The summed E-state index contributed by atoms with van der Waals surface area (Å²) in [5.41, 5.74) is 0.282. The molecule has 3 aliphatic carbocycles. The molecular formula is C21H27F2N3O4. The van der Waals surface area contributed by atoms with E-state index >= 15 is 0 Å². The Morgan fingerprint density at radius 3 is 2.60 bits per heavy atom. The number of alkyl halides is 2. The van der Waals surface area contributed by atoms with E-state index in [2.05, 4.69) is 15.8 Å². The number of hydrogen-bond acceptors (Lipinski definition) is 5. The highest BCUT2D eigenvalue weighted by atomic mass is 19.3. The summed E-state index contributed by atoms with van der Waals surface area (Å²) in [6, 6.07) is 1.72. The molecule has 30 heavy (non-hydrogen) atoms. The molecular weight excluding hydrogens is 396 g/mol. The lowest BCUT2D eigenvalue weighted by molar-refractivity contribution is -0.149. The maximum atomic E-state index is 14.6. The SMILES string of the molecule is Cc1cc(CNC(=O)[C@H]2[C@H](C(=O)O)[C@H]3CC[C@@H]2C32CC2C2CCNCC2(F)F)on1. The van der Waals surface area contributed by atoms with Gasteiger partial charge in [-0.15, -0.1) is 0 Å². The third-order valence-electron chi connectivity index (χ3n) is 8.25. The first-order chi connectivity index (χ1) is 14.3. The summed E-state index contributed by atoms with van der Waals surface area (Å²) >= 11 is 0. The molecule has 2 bridgehead atoms. The van der Waals surface area contributed by atoms with Crippen molar-refractivity contribution in [3.05, 3.63) is 17.5 Å². The Labute approximate surface area is 172 Å². The number of rotatable bonds is 5. The molecule has 1 spiro atoms. The number of hydrogen-bond donors (Lipinski definition) is 3. The predicted molar refractivity (Wildman–Crippen MR) is 100 cm³/mol. The van der Waals surface area contributed by atoms with Gasteiger partial charge in [-0.05, 0) is 62.3 Å². The summed E-state index contributed by atoms with van der Waals surface area (Å²) in [7, 11) is 0. The van der Waals surface area contributed by atoms with Crippen LogP contribution >= 0.6 is 0 Å². The number of carboxylic acids is 1. The molecule has 1 aromatic heterocycles. The minimum atomic E-state index is -2.78. The highest BCUT2D eigenvalue weighted by Gasteiger charge is 2.78. The smallest absolute Gasteiger partial charge is 0.307 e. The third kappa shape index (κ3) is 2.81. The van der Waals surface area contributed by atoms with Crippen LogP contribution in [0.2, 0.25) is 0 Å². The molecule has 7 atom stereocenters. The van der Waals surface area contributed by atoms with Crippen LogP contribution in [0.15, 0.2) is 10.6 Å². The lowest BCUT2D eigenvalue weighted by atomic mass is 9.78. The monoisotopic (exact) mass is 423 g/mol. The van der Waals surface area contributed by atoms with Crippen molar-refractivity contribution in [2.24, 2.45) is 40.9 Å². The Hall–Kier alpha value is -2.03. The lowest BCUT2D eigenvalue weighted by Crippen LogP contribution is -2.47. The summed E-state index contributed by atoms with van der Waals surface area (Å²) in [5.74, 6) is -6.32. The van der Waals surface area contributed by atoms with Crippen molar-refractivity contribution in [1.82, 2.24) is 15.8 Å². The number of aromatic nitrogens is 1. The van der Waals surface area contributed by atoms with Crippen LogP contribution in [0.5, 0.6) is 0 Å². The topological polar surface area (TPSA) is 104 Å². The molecule has 1 aromatic rings. The van der Waals surface area contributed by atoms with Crippen LogP contribution in [-0.4, -0.2) is 41.2 Å². The van der Waals surface area contributed by atoms with Gasteiger partial charge in [0.15, 0.2) is 5.76 Å². The predicted octanol–water partition coefficient (Wildman–Crippen LogP) is 2.21. The Kier molecular flexibility index (Phi) is 4.47. The average Bonchev–Trinajstić information content (AvgIpc) is 2.95. The second kappa shape index (κ2) is 6.73. The molecule has 0 radical (unpaired) electrons.